The van der Waals surface area contributed by atoms with Crippen LogP contribution in [0.5, 0.6) is 0 Å². The van der Waals surface area contributed by atoms with Crippen molar-refractivity contribution in [1.82, 2.24) is 4.90 Å². The fraction of sp³-hybridized carbons (Fsp3) is 0.714. The van der Waals surface area contributed by atoms with Crippen molar-refractivity contribution >= 4 is 81.5 Å². The van der Waals surface area contributed by atoms with Crippen LogP contribution in [0.4, 0.5) is 0 Å². The zero-order chi connectivity index (χ0) is 19.3. The summed E-state index contributed by atoms with van der Waals surface area (Å²) in [6.07, 6.45) is 3.11. The highest BCUT2D eigenvalue weighted by Crippen LogP contribution is 2.38. The van der Waals surface area contributed by atoms with E-state index in [0.29, 0.717) is 6.42 Å². The van der Waals surface area contributed by atoms with Crippen molar-refractivity contribution in [3.05, 3.63) is 12.2 Å². The van der Waals surface area contributed by atoms with Gasteiger partial charge in [-0.05, 0) is 18.9 Å². The van der Waals surface area contributed by atoms with Crippen molar-refractivity contribution in [2.75, 3.05) is 7.05 Å². The highest BCUT2D eigenvalue weighted by atomic mass is 35.6. The number of rotatable bonds is 7. The van der Waals surface area contributed by atoms with Gasteiger partial charge in [0, 0.05) is 18.9 Å². The molecule has 0 aliphatic carbocycles. The highest BCUT2D eigenvalue weighted by Gasteiger charge is 2.35. The molecule has 3 atom stereocenters. The lowest BCUT2D eigenvalue weighted by molar-refractivity contribution is -0.148. The fourth-order valence-corrected chi connectivity index (χ4v) is 2.21. The van der Waals surface area contributed by atoms with E-state index in [1.54, 1.807) is 13.8 Å². The number of carbonyl (C=O) groups excluding carboxylic acids is 1. The maximum atomic E-state index is 12.1. The number of amides is 1. The van der Waals surface area contributed by atoms with Crippen LogP contribution >= 0.6 is 69.6 Å². The molecule has 0 aromatic carbocycles. The van der Waals surface area contributed by atoms with E-state index in [4.69, 9.17) is 69.6 Å². The lowest BCUT2D eigenvalue weighted by Crippen LogP contribution is -2.43. The zero-order valence-electron chi connectivity index (χ0n) is 13.3. The Labute approximate surface area is 171 Å². The number of hydrogen-bond acceptors (Lipinski definition) is 2. The summed E-state index contributed by atoms with van der Waals surface area (Å²) in [5.41, 5.74) is 0. The van der Waals surface area contributed by atoms with E-state index in [9.17, 15) is 14.7 Å². The minimum Gasteiger partial charge on any atom is -0.480 e. The van der Waals surface area contributed by atoms with Gasteiger partial charge in [-0.15, -0.1) is 0 Å². The van der Waals surface area contributed by atoms with Crippen LogP contribution in [0.1, 0.15) is 26.7 Å². The Morgan fingerprint density at radius 3 is 1.88 bits per heavy atom. The second-order valence-electron chi connectivity index (χ2n) is 5.56. The first-order valence-corrected chi connectivity index (χ1v) is 9.24. The van der Waals surface area contributed by atoms with E-state index >= 15 is 0 Å². The number of carboxylic acids is 1. The molecule has 0 bridgehead atoms. The summed E-state index contributed by atoms with van der Waals surface area (Å²) in [5, 5.41) is 9.33. The quantitative estimate of drug-likeness (QED) is 0.416. The summed E-state index contributed by atoms with van der Waals surface area (Å²) in [5.74, 6) is -2.56. The predicted octanol–water partition coefficient (Wildman–Crippen LogP) is 5.25. The Kier molecular flexibility index (Phi) is 10.1. The highest BCUT2D eigenvalue weighted by molar-refractivity contribution is 6.68. The Morgan fingerprint density at radius 2 is 1.50 bits per heavy atom. The van der Waals surface area contributed by atoms with Gasteiger partial charge < -0.3 is 10.0 Å². The molecule has 3 unspecified atom stereocenters. The van der Waals surface area contributed by atoms with Crippen LogP contribution in [-0.4, -0.2) is 42.6 Å². The third-order valence-electron chi connectivity index (χ3n) is 3.54. The number of aliphatic carboxylic acids is 1. The van der Waals surface area contributed by atoms with Crippen molar-refractivity contribution in [2.45, 2.75) is 40.3 Å². The Hall–Kier alpha value is 0.420. The van der Waals surface area contributed by atoms with E-state index in [1.165, 1.54) is 19.2 Å². The van der Waals surface area contributed by atoms with Crippen LogP contribution < -0.4 is 0 Å². The van der Waals surface area contributed by atoms with E-state index in [-0.39, 0.29) is 12.3 Å². The third-order valence-corrected chi connectivity index (χ3v) is 5.78. The average molecular weight is 462 g/mol. The van der Waals surface area contributed by atoms with Crippen LogP contribution in [0.2, 0.25) is 0 Å². The van der Waals surface area contributed by atoms with Crippen LogP contribution in [0.3, 0.4) is 0 Å². The number of alkyl halides is 6. The largest absolute Gasteiger partial charge is 0.480 e. The fourth-order valence-electron chi connectivity index (χ4n) is 1.67. The first kappa shape index (κ1) is 24.4. The minimum atomic E-state index is -1.62. The summed E-state index contributed by atoms with van der Waals surface area (Å²) < 4.78 is -3.06. The summed E-state index contributed by atoms with van der Waals surface area (Å²) in [6.45, 7) is 3.31. The van der Waals surface area contributed by atoms with Gasteiger partial charge in [0.15, 0.2) is 7.59 Å². The third kappa shape index (κ3) is 8.68. The molecule has 0 saturated carbocycles. The minimum absolute atomic E-state index is 0.00747. The molecule has 0 saturated heterocycles. The number of hydrogen-bond donors (Lipinski definition) is 1. The van der Waals surface area contributed by atoms with E-state index in [2.05, 4.69) is 0 Å². The molecule has 10 heteroatoms. The molecule has 1 amide bonds. The molecule has 0 aromatic rings. The maximum Gasteiger partial charge on any atom is 0.326 e. The summed E-state index contributed by atoms with van der Waals surface area (Å²) in [6, 6.07) is -1.13. The lowest BCUT2D eigenvalue weighted by Gasteiger charge is -2.29. The van der Waals surface area contributed by atoms with Crippen molar-refractivity contribution in [1.29, 1.82) is 0 Å². The smallest absolute Gasteiger partial charge is 0.326 e. The topological polar surface area (TPSA) is 57.6 Å². The second kappa shape index (κ2) is 9.94. The van der Waals surface area contributed by atoms with Gasteiger partial charge in [0.2, 0.25) is 5.91 Å². The first-order chi connectivity index (χ1) is 10.7. The number of nitrogens with zero attached hydrogens (tertiary/aromatic N) is 1. The summed E-state index contributed by atoms with van der Waals surface area (Å²) in [4.78, 5) is 24.6. The summed E-state index contributed by atoms with van der Waals surface area (Å²) >= 11 is 34.5. The molecule has 1 N–H and O–H groups in total. The Balaban J connectivity index is 4.90. The maximum absolute atomic E-state index is 12.1. The van der Waals surface area contributed by atoms with Gasteiger partial charge in [-0.3, -0.25) is 4.79 Å². The first-order valence-electron chi connectivity index (χ1n) is 6.97. The van der Waals surface area contributed by atoms with E-state index in [0.717, 1.165) is 4.90 Å². The van der Waals surface area contributed by atoms with E-state index in [1.807, 2.05) is 0 Å². The van der Waals surface area contributed by atoms with Gasteiger partial charge in [0.25, 0.3) is 0 Å². The van der Waals surface area contributed by atoms with Gasteiger partial charge in [-0.25, -0.2) is 4.79 Å². The van der Waals surface area contributed by atoms with Gasteiger partial charge in [-0.2, -0.15) is 0 Å². The van der Waals surface area contributed by atoms with Crippen LogP contribution in [0.15, 0.2) is 12.2 Å². The SMILES string of the molecule is CC(CC=CC(=O)N(C)C(CC(C)C(Cl)(Cl)Cl)C(=O)O)C(Cl)(Cl)Cl. The molecule has 4 nitrogen and oxygen atoms in total. The van der Waals surface area contributed by atoms with Gasteiger partial charge in [-0.1, -0.05) is 89.5 Å². The molecule has 0 aliphatic rings. The molecular weight excluding hydrogens is 443 g/mol. The molecule has 0 rings (SSSR count). The van der Waals surface area contributed by atoms with Crippen molar-refractivity contribution in [3.8, 4) is 0 Å². The van der Waals surface area contributed by atoms with Gasteiger partial charge in [0.05, 0.1) is 0 Å². The zero-order valence-corrected chi connectivity index (χ0v) is 17.8. The van der Waals surface area contributed by atoms with Gasteiger partial charge in [0.1, 0.15) is 6.04 Å². The van der Waals surface area contributed by atoms with Crippen LogP contribution in [0, 0.1) is 11.8 Å². The standard InChI is InChI=1S/C14H19Cl6NO3/c1-8(13(15,16)17)5-4-6-11(22)21(3)10(12(23)24)7-9(2)14(18,19)20/h4,6,8-10H,5,7H2,1-3H3,(H,23,24). The van der Waals surface area contributed by atoms with Crippen molar-refractivity contribution < 1.29 is 14.7 Å². The number of carboxylic acid groups (broad SMARTS) is 1. The molecule has 0 spiro atoms. The molecular formula is C14H19Cl6NO3. The molecule has 0 radical (unpaired) electrons. The number of allylic oxidation sites excluding steroid dienone is 1. The Morgan fingerprint density at radius 1 is 1.04 bits per heavy atom. The second-order valence-corrected chi connectivity index (χ2v) is 10.3. The molecule has 140 valence electrons. The lowest BCUT2D eigenvalue weighted by atomic mass is 10.0. The molecule has 0 aliphatic heterocycles. The van der Waals surface area contributed by atoms with Crippen molar-refractivity contribution in [3.63, 3.8) is 0 Å². The molecule has 0 heterocycles. The van der Waals surface area contributed by atoms with E-state index < -0.39 is 31.4 Å². The number of likely N-dealkylation sites (N-methyl/N-ethyl adjacent to an activating group) is 1. The number of halogens is 6. The van der Waals surface area contributed by atoms with Crippen LogP contribution in [0.25, 0.3) is 0 Å². The van der Waals surface area contributed by atoms with Gasteiger partial charge >= 0.3 is 5.97 Å². The predicted molar refractivity (Wildman–Crippen MR) is 101 cm³/mol. The monoisotopic (exact) mass is 459 g/mol. The number of carbonyl (C=O) groups is 2. The van der Waals surface area contributed by atoms with Crippen molar-refractivity contribution in [2.24, 2.45) is 11.8 Å². The Bertz CT molecular complexity index is 472. The summed E-state index contributed by atoms with van der Waals surface area (Å²) in [7, 11) is 1.37. The average Bonchev–Trinajstić information content (AvgIpc) is 2.40. The normalized spacial score (nSPS) is 16.7. The molecule has 0 fully saturated rings. The van der Waals surface area contributed by atoms with Crippen LogP contribution in [-0.2, 0) is 9.59 Å². The molecule has 24 heavy (non-hydrogen) atoms. The molecule has 0 aromatic heterocycles.